The molecule has 2 aromatic carbocycles. The topological polar surface area (TPSA) is 12.0 Å². The Morgan fingerprint density at radius 2 is 1.81 bits per heavy atom. The molecule has 1 N–H and O–H groups in total. The molecular weight excluding hydrogens is 194 g/mol. The fraction of sp³-hybridized carbons (Fsp3) is 0.333. The second kappa shape index (κ2) is 4.26. The van der Waals surface area contributed by atoms with E-state index in [0.29, 0.717) is 6.04 Å². The zero-order valence-electron chi connectivity index (χ0n) is 9.45. The zero-order chi connectivity index (χ0) is 10.8. The quantitative estimate of drug-likeness (QED) is 0.759. The van der Waals surface area contributed by atoms with Crippen LogP contribution in [0.5, 0.6) is 0 Å². The number of rotatable bonds is 1. The minimum atomic E-state index is 0.555. The number of hydrogen-bond acceptors (Lipinski definition) is 1. The van der Waals surface area contributed by atoms with E-state index in [-0.39, 0.29) is 0 Å². The SMILES string of the molecule is c1ccc2c([C@H]3CCCCN3)cccc2c1. The molecular formula is C15H17N. The first kappa shape index (κ1) is 9.86. The Bertz CT molecular complexity index is 478. The molecule has 1 heteroatoms. The van der Waals surface area contributed by atoms with E-state index in [1.165, 1.54) is 35.6 Å². The number of hydrogen-bond donors (Lipinski definition) is 1. The maximum absolute atomic E-state index is 3.63. The molecule has 0 amide bonds. The molecule has 0 bridgehead atoms. The van der Waals surface area contributed by atoms with Crippen molar-refractivity contribution in [3.05, 3.63) is 48.0 Å². The van der Waals surface area contributed by atoms with Crippen LogP contribution in [0.15, 0.2) is 42.5 Å². The summed E-state index contributed by atoms with van der Waals surface area (Å²) in [6.45, 7) is 1.16. The molecule has 82 valence electrons. The molecule has 0 aromatic heterocycles. The first-order valence-electron chi connectivity index (χ1n) is 6.16. The van der Waals surface area contributed by atoms with Crippen molar-refractivity contribution >= 4 is 10.8 Å². The van der Waals surface area contributed by atoms with Crippen molar-refractivity contribution in [2.45, 2.75) is 25.3 Å². The van der Waals surface area contributed by atoms with Crippen LogP contribution in [0.4, 0.5) is 0 Å². The molecule has 1 heterocycles. The van der Waals surface area contributed by atoms with Crippen molar-refractivity contribution in [3.63, 3.8) is 0 Å². The largest absolute Gasteiger partial charge is 0.310 e. The van der Waals surface area contributed by atoms with Gasteiger partial charge in [-0.25, -0.2) is 0 Å². The van der Waals surface area contributed by atoms with E-state index in [1.54, 1.807) is 0 Å². The molecule has 0 saturated carbocycles. The van der Waals surface area contributed by atoms with Gasteiger partial charge in [0.15, 0.2) is 0 Å². The maximum Gasteiger partial charge on any atom is 0.0326 e. The van der Waals surface area contributed by atoms with Gasteiger partial charge in [-0.3, -0.25) is 0 Å². The van der Waals surface area contributed by atoms with Crippen LogP contribution in [0.1, 0.15) is 30.9 Å². The summed E-state index contributed by atoms with van der Waals surface area (Å²) in [5.41, 5.74) is 1.47. The van der Waals surface area contributed by atoms with Crippen molar-refractivity contribution in [1.29, 1.82) is 0 Å². The van der Waals surface area contributed by atoms with E-state index in [1.807, 2.05) is 0 Å². The number of nitrogens with one attached hydrogen (secondary N) is 1. The first-order chi connectivity index (χ1) is 7.95. The lowest BCUT2D eigenvalue weighted by molar-refractivity contribution is 0.414. The summed E-state index contributed by atoms with van der Waals surface area (Å²) >= 11 is 0. The van der Waals surface area contributed by atoms with Crippen molar-refractivity contribution in [2.24, 2.45) is 0 Å². The summed E-state index contributed by atoms with van der Waals surface area (Å²) in [4.78, 5) is 0. The van der Waals surface area contributed by atoms with Gasteiger partial charge in [-0.15, -0.1) is 0 Å². The summed E-state index contributed by atoms with van der Waals surface area (Å²) < 4.78 is 0. The average molecular weight is 211 g/mol. The number of piperidine rings is 1. The van der Waals surface area contributed by atoms with Crippen molar-refractivity contribution in [1.82, 2.24) is 5.32 Å². The highest BCUT2D eigenvalue weighted by Gasteiger charge is 2.16. The molecule has 1 saturated heterocycles. The molecule has 0 radical (unpaired) electrons. The first-order valence-corrected chi connectivity index (χ1v) is 6.16. The molecule has 16 heavy (non-hydrogen) atoms. The van der Waals surface area contributed by atoms with E-state index in [0.717, 1.165) is 6.54 Å². The maximum atomic E-state index is 3.63. The lowest BCUT2D eigenvalue weighted by atomic mass is 9.93. The summed E-state index contributed by atoms with van der Waals surface area (Å²) in [7, 11) is 0. The van der Waals surface area contributed by atoms with Crippen LogP contribution in [0, 0.1) is 0 Å². The van der Waals surface area contributed by atoms with Gasteiger partial charge >= 0.3 is 0 Å². The molecule has 1 fully saturated rings. The van der Waals surface area contributed by atoms with Gasteiger partial charge in [-0.2, -0.15) is 0 Å². The van der Waals surface area contributed by atoms with Crippen molar-refractivity contribution in [2.75, 3.05) is 6.54 Å². The fourth-order valence-electron chi connectivity index (χ4n) is 2.67. The average Bonchev–Trinajstić information content (AvgIpc) is 2.39. The lowest BCUT2D eigenvalue weighted by Gasteiger charge is -2.25. The van der Waals surface area contributed by atoms with E-state index in [2.05, 4.69) is 47.8 Å². The van der Waals surface area contributed by atoms with Crippen LogP contribution < -0.4 is 5.32 Å². The van der Waals surface area contributed by atoms with E-state index in [4.69, 9.17) is 0 Å². The summed E-state index contributed by atoms with van der Waals surface area (Å²) in [6, 6.07) is 15.9. The van der Waals surface area contributed by atoms with Gasteiger partial charge in [-0.1, -0.05) is 48.9 Å². The second-order valence-electron chi connectivity index (χ2n) is 4.57. The highest BCUT2D eigenvalue weighted by molar-refractivity contribution is 5.86. The van der Waals surface area contributed by atoms with Crippen LogP contribution in [0.3, 0.4) is 0 Å². The minimum absolute atomic E-state index is 0.555. The fourth-order valence-corrected chi connectivity index (χ4v) is 2.67. The number of fused-ring (bicyclic) bond motifs is 1. The monoisotopic (exact) mass is 211 g/mol. The molecule has 1 nitrogen and oxygen atoms in total. The van der Waals surface area contributed by atoms with Gasteiger partial charge in [0.25, 0.3) is 0 Å². The summed E-state index contributed by atoms with van der Waals surface area (Å²) in [6.07, 6.45) is 3.94. The van der Waals surface area contributed by atoms with Gasteiger partial charge < -0.3 is 5.32 Å². The van der Waals surface area contributed by atoms with E-state index >= 15 is 0 Å². The Morgan fingerprint density at radius 1 is 0.938 bits per heavy atom. The normalized spacial score (nSPS) is 21.1. The van der Waals surface area contributed by atoms with Crippen molar-refractivity contribution < 1.29 is 0 Å². The predicted octanol–water partition coefficient (Wildman–Crippen LogP) is 3.65. The smallest absolute Gasteiger partial charge is 0.0326 e. The zero-order valence-corrected chi connectivity index (χ0v) is 9.45. The molecule has 0 spiro atoms. The third-order valence-corrected chi connectivity index (χ3v) is 3.51. The van der Waals surface area contributed by atoms with Gasteiger partial charge in [0.05, 0.1) is 0 Å². The van der Waals surface area contributed by atoms with Gasteiger partial charge in [0.1, 0.15) is 0 Å². The van der Waals surface area contributed by atoms with Crippen LogP contribution >= 0.6 is 0 Å². The van der Waals surface area contributed by atoms with Crippen LogP contribution in [-0.2, 0) is 0 Å². The molecule has 1 aliphatic rings. The molecule has 0 aliphatic carbocycles. The Kier molecular flexibility index (Phi) is 2.63. The molecule has 1 aliphatic heterocycles. The Hall–Kier alpha value is -1.34. The highest BCUT2D eigenvalue weighted by Crippen LogP contribution is 2.29. The lowest BCUT2D eigenvalue weighted by Crippen LogP contribution is -2.26. The highest BCUT2D eigenvalue weighted by atomic mass is 14.9. The standard InChI is InChI=1S/C15H17N/c1-2-8-13-12(6-1)7-5-9-14(13)15-10-3-4-11-16-15/h1-2,5-9,15-16H,3-4,10-11H2/t15-/m1/s1. The second-order valence-corrected chi connectivity index (χ2v) is 4.57. The molecule has 1 atom stereocenters. The Morgan fingerprint density at radius 3 is 2.69 bits per heavy atom. The van der Waals surface area contributed by atoms with E-state index in [9.17, 15) is 0 Å². The van der Waals surface area contributed by atoms with Gasteiger partial charge in [0.2, 0.25) is 0 Å². The molecule has 2 aromatic rings. The third kappa shape index (κ3) is 1.72. The minimum Gasteiger partial charge on any atom is -0.310 e. The van der Waals surface area contributed by atoms with Gasteiger partial charge in [0, 0.05) is 6.04 Å². The predicted molar refractivity (Wildman–Crippen MR) is 68.5 cm³/mol. The van der Waals surface area contributed by atoms with Crippen LogP contribution in [-0.4, -0.2) is 6.54 Å². The Balaban J connectivity index is 2.08. The van der Waals surface area contributed by atoms with E-state index < -0.39 is 0 Å². The molecule has 0 unspecified atom stereocenters. The van der Waals surface area contributed by atoms with Crippen molar-refractivity contribution in [3.8, 4) is 0 Å². The third-order valence-electron chi connectivity index (χ3n) is 3.51. The van der Waals surface area contributed by atoms with Crippen LogP contribution in [0.25, 0.3) is 10.8 Å². The Labute approximate surface area is 96.5 Å². The molecule has 3 rings (SSSR count). The summed E-state index contributed by atoms with van der Waals surface area (Å²) in [5, 5.41) is 6.39. The number of benzene rings is 2. The summed E-state index contributed by atoms with van der Waals surface area (Å²) in [5.74, 6) is 0. The van der Waals surface area contributed by atoms with Gasteiger partial charge in [-0.05, 0) is 35.7 Å². The van der Waals surface area contributed by atoms with Crippen LogP contribution in [0.2, 0.25) is 0 Å².